The van der Waals surface area contributed by atoms with E-state index in [2.05, 4.69) is 33.2 Å². The van der Waals surface area contributed by atoms with E-state index in [1.54, 1.807) is 10.8 Å². The van der Waals surface area contributed by atoms with Gasteiger partial charge in [-0.25, -0.2) is 0 Å². The van der Waals surface area contributed by atoms with Crippen LogP contribution in [0.4, 0.5) is 0 Å². The molecule has 7 heteroatoms. The standard InChI is InChI=1S/C15H22N4S3/c16-21-22(18-17-13-14-7-3-1-4-8-14)19(11-12-20-22)15-9-5-2-6-10-15/h1,3-4,7-8,11-12,15H,2,5-6,9-10,13,16H2. The topological polar surface area (TPSA) is 54.0 Å². The van der Waals surface area contributed by atoms with Crippen LogP contribution in [0.15, 0.2) is 51.6 Å². The van der Waals surface area contributed by atoms with Crippen molar-refractivity contribution in [1.29, 1.82) is 0 Å². The van der Waals surface area contributed by atoms with E-state index in [0.29, 0.717) is 12.6 Å². The van der Waals surface area contributed by atoms with Crippen LogP contribution < -0.4 is 5.14 Å². The van der Waals surface area contributed by atoms with Gasteiger partial charge >= 0.3 is 0 Å². The van der Waals surface area contributed by atoms with E-state index in [9.17, 15) is 0 Å². The predicted octanol–water partition coefficient (Wildman–Crippen LogP) is 5.56. The Hall–Kier alpha value is -0.630. The molecular weight excluding hydrogens is 332 g/mol. The quantitative estimate of drug-likeness (QED) is 0.427. The molecule has 1 saturated carbocycles. The summed E-state index contributed by atoms with van der Waals surface area (Å²) in [6.45, 7) is 0.620. The van der Waals surface area contributed by atoms with Crippen LogP contribution in [-0.4, -0.2) is 10.3 Å². The first-order valence-corrected chi connectivity index (χ1v) is 12.0. The first kappa shape index (κ1) is 16.2. The summed E-state index contributed by atoms with van der Waals surface area (Å²) in [6, 6.07) is 10.8. The molecule has 22 heavy (non-hydrogen) atoms. The lowest BCUT2D eigenvalue weighted by Crippen LogP contribution is -2.30. The molecule has 1 atom stereocenters. The molecule has 0 aromatic heterocycles. The summed E-state index contributed by atoms with van der Waals surface area (Å²) in [7, 11) is 1.58. The summed E-state index contributed by atoms with van der Waals surface area (Å²) in [4.78, 5) is 0. The third-order valence-corrected chi connectivity index (χ3v) is 10.7. The third-order valence-electron chi connectivity index (χ3n) is 3.97. The summed E-state index contributed by atoms with van der Waals surface area (Å²) in [5.41, 5.74) is 1.18. The van der Waals surface area contributed by atoms with Crippen molar-refractivity contribution in [2.45, 2.75) is 44.7 Å². The van der Waals surface area contributed by atoms with Crippen molar-refractivity contribution in [3.8, 4) is 0 Å². The third kappa shape index (κ3) is 3.64. The molecule has 120 valence electrons. The van der Waals surface area contributed by atoms with Gasteiger partial charge in [-0.2, -0.15) is 5.11 Å². The molecule has 1 aliphatic heterocycles. The van der Waals surface area contributed by atoms with Crippen LogP contribution in [0.1, 0.15) is 37.7 Å². The Morgan fingerprint density at radius 1 is 1.23 bits per heavy atom. The zero-order valence-electron chi connectivity index (χ0n) is 12.5. The second-order valence-electron chi connectivity index (χ2n) is 5.44. The maximum atomic E-state index is 6.04. The molecule has 0 amide bonds. The highest BCUT2D eigenvalue weighted by molar-refractivity contribution is 9.24. The molecule has 1 unspecified atom stereocenters. The molecule has 0 bridgehead atoms. The van der Waals surface area contributed by atoms with E-state index < -0.39 is 8.46 Å². The van der Waals surface area contributed by atoms with Crippen molar-refractivity contribution < 1.29 is 0 Å². The van der Waals surface area contributed by atoms with Gasteiger partial charge in [0.2, 0.25) is 0 Å². The summed E-state index contributed by atoms with van der Waals surface area (Å²) in [6.07, 6.45) is 8.65. The predicted molar refractivity (Wildman–Crippen MR) is 99.8 cm³/mol. The number of benzene rings is 1. The van der Waals surface area contributed by atoms with Gasteiger partial charge in [0.1, 0.15) is 0 Å². The lowest BCUT2D eigenvalue weighted by molar-refractivity contribution is 0.324. The van der Waals surface area contributed by atoms with Crippen LogP contribution in [0.2, 0.25) is 0 Å². The van der Waals surface area contributed by atoms with Crippen LogP contribution >= 0.6 is 30.2 Å². The van der Waals surface area contributed by atoms with Gasteiger partial charge in [-0.15, -0.1) is 4.52 Å². The Morgan fingerprint density at radius 2 is 2.00 bits per heavy atom. The lowest BCUT2D eigenvalue weighted by Gasteiger charge is -2.42. The van der Waals surface area contributed by atoms with Crippen LogP contribution in [0.3, 0.4) is 0 Å². The van der Waals surface area contributed by atoms with E-state index in [1.807, 2.05) is 18.2 Å². The average molecular weight is 355 g/mol. The fourth-order valence-electron chi connectivity index (χ4n) is 2.85. The number of rotatable bonds is 5. The van der Waals surface area contributed by atoms with Crippen molar-refractivity contribution in [1.82, 2.24) is 4.31 Å². The molecule has 3 rings (SSSR count). The summed E-state index contributed by atoms with van der Waals surface area (Å²) in [5.74, 6) is 0. The van der Waals surface area contributed by atoms with Crippen LogP contribution in [-0.2, 0) is 6.54 Å². The number of nitrogens with zero attached hydrogens (tertiary/aromatic N) is 3. The molecule has 4 nitrogen and oxygen atoms in total. The van der Waals surface area contributed by atoms with Crippen LogP contribution in [0, 0.1) is 0 Å². The Bertz CT molecular complexity index is 531. The van der Waals surface area contributed by atoms with Gasteiger partial charge in [0.25, 0.3) is 0 Å². The minimum absolute atomic E-state index is 0.571. The minimum Gasteiger partial charge on any atom is -0.302 e. The normalized spacial score (nSPS) is 29.0. The fourth-order valence-corrected chi connectivity index (χ4v) is 8.34. The Morgan fingerprint density at radius 3 is 2.73 bits per heavy atom. The Balaban J connectivity index is 1.70. The van der Waals surface area contributed by atoms with Gasteiger partial charge in [0.05, 0.1) is 15.0 Å². The van der Waals surface area contributed by atoms with Gasteiger partial charge in [-0.1, -0.05) is 49.6 Å². The minimum atomic E-state index is -1.52. The number of nitrogens with two attached hydrogens (primary N) is 1. The molecule has 0 saturated heterocycles. The van der Waals surface area contributed by atoms with E-state index >= 15 is 0 Å². The number of hydrogen-bond acceptors (Lipinski definition) is 6. The Kier molecular flexibility index (Phi) is 5.73. The summed E-state index contributed by atoms with van der Waals surface area (Å²) >= 11 is 0. The lowest BCUT2D eigenvalue weighted by atomic mass is 9.96. The molecule has 1 aromatic carbocycles. The highest BCUT2D eigenvalue weighted by atomic mass is 33.6. The van der Waals surface area contributed by atoms with E-state index in [1.165, 1.54) is 48.6 Å². The molecule has 1 aliphatic carbocycles. The first-order valence-electron chi connectivity index (χ1n) is 7.62. The van der Waals surface area contributed by atoms with Crippen molar-refractivity contribution in [2.75, 3.05) is 0 Å². The summed E-state index contributed by atoms with van der Waals surface area (Å²) < 4.78 is 7.10. The zero-order valence-corrected chi connectivity index (χ0v) is 15.0. The molecular formula is C15H22N4S3. The maximum Gasteiger partial charge on any atom is 0.0860 e. The van der Waals surface area contributed by atoms with Crippen LogP contribution in [0.5, 0.6) is 0 Å². The second kappa shape index (κ2) is 7.77. The highest BCUT2D eigenvalue weighted by Crippen LogP contribution is 2.75. The van der Waals surface area contributed by atoms with E-state index in [0.717, 1.165) is 0 Å². The van der Waals surface area contributed by atoms with Gasteiger partial charge in [-0.05, 0) is 29.2 Å². The second-order valence-corrected chi connectivity index (χ2v) is 12.2. The van der Waals surface area contributed by atoms with Crippen molar-refractivity contribution >= 4 is 30.2 Å². The molecule has 2 N–H and O–H groups in total. The molecule has 1 heterocycles. The molecule has 0 spiro atoms. The average Bonchev–Trinajstić information content (AvgIpc) is 3.01. The van der Waals surface area contributed by atoms with Crippen molar-refractivity contribution in [2.24, 2.45) is 14.8 Å². The zero-order chi connectivity index (χ0) is 15.3. The van der Waals surface area contributed by atoms with Gasteiger partial charge in [-0.3, -0.25) is 5.14 Å². The van der Waals surface area contributed by atoms with Crippen LogP contribution in [0.25, 0.3) is 0 Å². The van der Waals surface area contributed by atoms with Gasteiger partial charge < -0.3 is 4.31 Å². The van der Waals surface area contributed by atoms with Gasteiger partial charge in [0, 0.05) is 28.6 Å². The maximum absolute atomic E-state index is 6.04. The SMILES string of the molecule is NSS1(N=NCc2ccccc2)SC=CN1C1CCCCC1. The highest BCUT2D eigenvalue weighted by Gasteiger charge is 2.38. The molecule has 2 aliphatic rings. The fraction of sp³-hybridized carbons (Fsp3) is 0.467. The largest absolute Gasteiger partial charge is 0.302 e. The molecule has 1 aromatic rings. The monoisotopic (exact) mass is 354 g/mol. The Labute approximate surface area is 141 Å². The molecule has 1 fully saturated rings. The summed E-state index contributed by atoms with van der Waals surface area (Å²) in [5, 5.41) is 12.6. The van der Waals surface area contributed by atoms with E-state index in [-0.39, 0.29) is 0 Å². The smallest absolute Gasteiger partial charge is 0.0860 e. The molecule has 0 radical (unpaired) electrons. The van der Waals surface area contributed by atoms with Crippen molar-refractivity contribution in [3.05, 3.63) is 47.5 Å². The number of hydrogen-bond donors (Lipinski definition) is 1. The first-order chi connectivity index (χ1) is 10.8. The van der Waals surface area contributed by atoms with Crippen molar-refractivity contribution in [3.63, 3.8) is 0 Å². The van der Waals surface area contributed by atoms with Gasteiger partial charge in [0.15, 0.2) is 0 Å². The van der Waals surface area contributed by atoms with E-state index in [4.69, 9.17) is 9.66 Å².